The highest BCUT2D eigenvalue weighted by atomic mass is 35.5. The van der Waals surface area contributed by atoms with E-state index in [0.717, 1.165) is 0 Å². The lowest BCUT2D eigenvalue weighted by atomic mass is 9.93. The zero-order chi connectivity index (χ0) is 26.7. The molecule has 190 valence electrons. The minimum atomic E-state index is -0.861. The highest BCUT2D eigenvalue weighted by Crippen LogP contribution is 2.30. The largest absolute Gasteiger partial charge is 0.455 e. The average Bonchev–Trinajstić information content (AvgIpc) is 3.22. The first-order valence-corrected chi connectivity index (χ1v) is 11.7. The molecule has 37 heavy (non-hydrogen) atoms. The van der Waals surface area contributed by atoms with Gasteiger partial charge in [0, 0.05) is 28.6 Å². The molecule has 1 aliphatic carbocycles. The standard InChI is InChI=1S/C24H19Cl2N5O6/c1-12-20-17(27-28-22(32)14-10-9-13(25)11-16(14)26)6-4-8-19(20)37-21(12)24(34)30-29-23(33)15-5-2-3-7-18(15)31(35)36/h2-3,5,7,9-11H,4,6,8H2,1H3,(H,28,32)(H,29,33)(H,30,34)/b27-17+. The number of nitrogens with zero attached hydrogens (tertiary/aromatic N) is 2. The van der Waals surface area contributed by atoms with Gasteiger partial charge in [0.1, 0.15) is 11.3 Å². The highest BCUT2D eigenvalue weighted by molar-refractivity contribution is 6.36. The zero-order valence-corrected chi connectivity index (χ0v) is 20.8. The summed E-state index contributed by atoms with van der Waals surface area (Å²) < 4.78 is 5.75. The highest BCUT2D eigenvalue weighted by Gasteiger charge is 2.29. The van der Waals surface area contributed by atoms with Crippen molar-refractivity contribution >= 4 is 52.3 Å². The molecule has 1 heterocycles. The van der Waals surface area contributed by atoms with E-state index in [9.17, 15) is 24.5 Å². The van der Waals surface area contributed by atoms with Gasteiger partial charge in [0.25, 0.3) is 17.5 Å². The zero-order valence-electron chi connectivity index (χ0n) is 19.3. The molecule has 4 rings (SSSR count). The van der Waals surface area contributed by atoms with Crippen LogP contribution in [0.25, 0.3) is 0 Å². The number of fused-ring (bicyclic) bond motifs is 1. The van der Waals surface area contributed by atoms with Crippen molar-refractivity contribution in [1.82, 2.24) is 16.3 Å². The van der Waals surface area contributed by atoms with E-state index in [-0.39, 0.29) is 21.9 Å². The molecule has 0 radical (unpaired) electrons. The summed E-state index contributed by atoms with van der Waals surface area (Å²) in [5.41, 5.74) is 8.01. The first-order valence-electron chi connectivity index (χ1n) is 11.0. The van der Waals surface area contributed by atoms with E-state index in [0.29, 0.717) is 46.9 Å². The van der Waals surface area contributed by atoms with Gasteiger partial charge in [-0.15, -0.1) is 0 Å². The fraction of sp³-hybridized carbons (Fsp3) is 0.167. The van der Waals surface area contributed by atoms with E-state index in [4.69, 9.17) is 27.6 Å². The lowest BCUT2D eigenvalue weighted by molar-refractivity contribution is -0.385. The number of rotatable bonds is 5. The van der Waals surface area contributed by atoms with E-state index >= 15 is 0 Å². The van der Waals surface area contributed by atoms with Crippen LogP contribution in [0, 0.1) is 17.0 Å². The van der Waals surface area contributed by atoms with Crippen molar-refractivity contribution in [3.8, 4) is 0 Å². The molecule has 3 amide bonds. The van der Waals surface area contributed by atoms with Crippen molar-refractivity contribution < 1.29 is 23.7 Å². The Balaban J connectivity index is 1.50. The Bertz CT molecular complexity index is 1470. The molecule has 2 aromatic carbocycles. The van der Waals surface area contributed by atoms with Crippen molar-refractivity contribution in [3.05, 3.63) is 96.4 Å². The second-order valence-electron chi connectivity index (χ2n) is 8.01. The van der Waals surface area contributed by atoms with Crippen LogP contribution in [0.1, 0.15) is 61.0 Å². The summed E-state index contributed by atoms with van der Waals surface area (Å²) in [4.78, 5) is 48.2. The van der Waals surface area contributed by atoms with Crippen molar-refractivity contribution in [2.24, 2.45) is 5.10 Å². The number of carbonyl (C=O) groups is 3. The third-order valence-corrected chi connectivity index (χ3v) is 6.18. The summed E-state index contributed by atoms with van der Waals surface area (Å²) in [6, 6.07) is 9.81. The van der Waals surface area contributed by atoms with Crippen LogP contribution in [0.3, 0.4) is 0 Å². The van der Waals surface area contributed by atoms with Crippen LogP contribution in [0.15, 0.2) is 52.0 Å². The molecule has 0 saturated carbocycles. The molecule has 0 saturated heterocycles. The Morgan fingerprint density at radius 3 is 2.46 bits per heavy atom. The number of hydrogen-bond acceptors (Lipinski definition) is 7. The topological polar surface area (TPSA) is 156 Å². The van der Waals surface area contributed by atoms with E-state index in [1.807, 2.05) is 0 Å². The minimum absolute atomic E-state index is 0.0606. The van der Waals surface area contributed by atoms with Crippen LogP contribution in [0.4, 0.5) is 5.69 Å². The molecular formula is C24H19Cl2N5O6. The van der Waals surface area contributed by atoms with Crippen molar-refractivity contribution in [1.29, 1.82) is 0 Å². The number of hydrazine groups is 1. The fourth-order valence-electron chi connectivity index (χ4n) is 3.91. The number of para-hydroxylation sites is 1. The van der Waals surface area contributed by atoms with Crippen molar-refractivity contribution in [3.63, 3.8) is 0 Å². The smallest absolute Gasteiger partial charge is 0.305 e. The second-order valence-corrected chi connectivity index (χ2v) is 8.86. The first kappa shape index (κ1) is 25.9. The Labute approximate surface area is 219 Å². The van der Waals surface area contributed by atoms with Gasteiger partial charge < -0.3 is 4.42 Å². The number of hydrogen-bond donors (Lipinski definition) is 3. The number of nitrogens with one attached hydrogen (secondary N) is 3. The molecule has 3 aromatic rings. The number of carbonyl (C=O) groups excluding carboxylic acids is 3. The molecule has 11 nitrogen and oxygen atoms in total. The number of benzene rings is 2. The van der Waals surface area contributed by atoms with Gasteiger partial charge in [-0.25, -0.2) is 5.43 Å². The SMILES string of the molecule is Cc1c(C(=O)NNC(=O)c2ccccc2[N+](=O)[O-])oc2c1/C(=N/NC(=O)c1ccc(Cl)cc1Cl)CCC2. The predicted octanol–water partition coefficient (Wildman–Crippen LogP) is 4.35. The molecule has 0 aliphatic heterocycles. The number of halogens is 2. The molecule has 1 aromatic heterocycles. The monoisotopic (exact) mass is 543 g/mol. The van der Waals surface area contributed by atoms with Gasteiger partial charge in [0.15, 0.2) is 5.76 Å². The van der Waals surface area contributed by atoms with E-state index in [1.165, 1.54) is 42.5 Å². The van der Waals surface area contributed by atoms with E-state index in [2.05, 4.69) is 21.4 Å². The summed E-state index contributed by atoms with van der Waals surface area (Å²) in [6.07, 6.45) is 1.74. The number of furan rings is 1. The summed E-state index contributed by atoms with van der Waals surface area (Å²) in [5, 5.41) is 16.0. The minimum Gasteiger partial charge on any atom is -0.455 e. The number of hydrazone groups is 1. The van der Waals surface area contributed by atoms with Crippen LogP contribution < -0.4 is 16.3 Å². The molecule has 0 unspecified atom stereocenters. The molecule has 1 aliphatic rings. The summed E-state index contributed by atoms with van der Waals surface area (Å²) >= 11 is 12.0. The molecule has 0 spiro atoms. The van der Waals surface area contributed by atoms with E-state index < -0.39 is 28.3 Å². The second kappa shape index (κ2) is 10.8. The third kappa shape index (κ3) is 5.47. The first-order chi connectivity index (χ1) is 17.7. The predicted molar refractivity (Wildman–Crippen MR) is 135 cm³/mol. The maximum absolute atomic E-state index is 12.8. The Morgan fingerprint density at radius 1 is 1.00 bits per heavy atom. The fourth-order valence-corrected chi connectivity index (χ4v) is 4.41. The molecular weight excluding hydrogens is 525 g/mol. The van der Waals surface area contributed by atoms with E-state index in [1.54, 1.807) is 6.92 Å². The van der Waals surface area contributed by atoms with Crippen molar-refractivity contribution in [2.45, 2.75) is 26.2 Å². The van der Waals surface area contributed by atoms with Crippen LogP contribution >= 0.6 is 23.2 Å². The number of amides is 3. The van der Waals surface area contributed by atoms with Crippen LogP contribution in [0.5, 0.6) is 0 Å². The Hall–Kier alpha value is -4.22. The van der Waals surface area contributed by atoms with Crippen LogP contribution in [-0.4, -0.2) is 28.4 Å². The van der Waals surface area contributed by atoms with Gasteiger partial charge in [-0.2, -0.15) is 5.10 Å². The number of nitro benzene ring substituents is 1. The normalized spacial score (nSPS) is 13.5. The third-order valence-electron chi connectivity index (χ3n) is 5.64. The van der Waals surface area contributed by atoms with Gasteiger partial charge in [0.2, 0.25) is 0 Å². The lowest BCUT2D eigenvalue weighted by Gasteiger charge is -2.13. The maximum atomic E-state index is 12.8. The Morgan fingerprint density at radius 2 is 1.73 bits per heavy atom. The van der Waals surface area contributed by atoms with Crippen LogP contribution in [-0.2, 0) is 6.42 Å². The summed E-state index contributed by atoms with van der Waals surface area (Å²) in [5.74, 6) is -1.69. The van der Waals surface area contributed by atoms with Gasteiger partial charge in [-0.3, -0.25) is 35.3 Å². The van der Waals surface area contributed by atoms with Gasteiger partial charge in [-0.1, -0.05) is 35.3 Å². The quantitative estimate of drug-likeness (QED) is 0.320. The summed E-state index contributed by atoms with van der Waals surface area (Å²) in [6.45, 7) is 1.65. The number of aryl methyl sites for hydroxylation is 1. The van der Waals surface area contributed by atoms with Gasteiger partial charge in [-0.05, 0) is 44.0 Å². The van der Waals surface area contributed by atoms with Crippen molar-refractivity contribution in [2.75, 3.05) is 0 Å². The molecule has 0 fully saturated rings. The van der Waals surface area contributed by atoms with Crippen LogP contribution in [0.2, 0.25) is 10.0 Å². The molecule has 0 atom stereocenters. The molecule has 13 heteroatoms. The maximum Gasteiger partial charge on any atom is 0.305 e. The molecule has 0 bridgehead atoms. The number of nitro groups is 1. The average molecular weight is 544 g/mol. The molecule has 3 N–H and O–H groups in total. The Kier molecular flexibility index (Phi) is 7.55. The van der Waals surface area contributed by atoms with Gasteiger partial charge >= 0.3 is 5.91 Å². The lowest BCUT2D eigenvalue weighted by Crippen LogP contribution is -2.42. The summed E-state index contributed by atoms with van der Waals surface area (Å²) in [7, 11) is 0. The van der Waals surface area contributed by atoms with Gasteiger partial charge in [0.05, 0.1) is 21.2 Å².